The van der Waals surface area contributed by atoms with Crippen molar-refractivity contribution in [3.63, 3.8) is 0 Å². The van der Waals surface area contributed by atoms with Crippen molar-refractivity contribution in [1.29, 1.82) is 0 Å². The number of carbonyl (C=O) groups excluding carboxylic acids is 5. The van der Waals surface area contributed by atoms with Crippen LogP contribution in [0.3, 0.4) is 0 Å². The number of fused-ring (bicyclic) bond motifs is 1. The molecule has 5 atom stereocenters. The summed E-state index contributed by atoms with van der Waals surface area (Å²) in [5.41, 5.74) is 9.16. The Morgan fingerprint density at radius 2 is 1.77 bits per heavy atom. The number of unbranched alkanes of at least 4 members (excludes halogenated alkanes) is 1. The highest BCUT2D eigenvalue weighted by molar-refractivity contribution is 5.95. The number of amides is 4. The second kappa shape index (κ2) is 16.8. The SMILES string of the molecule is CCCC[C@H](NC(=O)[C@H](C)N(C)C(=O)OC(C)(C)C)C(=O)N1C[C@@H](N=[N+]=[N-])C[C@H]1C(=O)N[C@@H](Cc1ccc2ccccc2c1)C(=O)OC. The predicted molar refractivity (Wildman–Crippen MR) is 180 cm³/mol. The van der Waals surface area contributed by atoms with Crippen molar-refractivity contribution in [3.8, 4) is 0 Å². The highest BCUT2D eigenvalue weighted by atomic mass is 16.6. The second-order valence-electron chi connectivity index (χ2n) is 13.0. The summed E-state index contributed by atoms with van der Waals surface area (Å²) in [6, 6.07) is 8.66. The van der Waals surface area contributed by atoms with E-state index in [1.54, 1.807) is 20.8 Å². The number of benzene rings is 2. The first-order valence-corrected chi connectivity index (χ1v) is 16.2. The molecule has 4 amide bonds. The summed E-state index contributed by atoms with van der Waals surface area (Å²) in [4.78, 5) is 71.9. The fourth-order valence-electron chi connectivity index (χ4n) is 5.49. The molecule has 2 aromatic rings. The topological polar surface area (TPSA) is 183 Å². The van der Waals surface area contributed by atoms with Crippen LogP contribution in [0, 0.1) is 0 Å². The zero-order valence-corrected chi connectivity index (χ0v) is 28.8. The average Bonchev–Trinajstić information content (AvgIpc) is 3.48. The summed E-state index contributed by atoms with van der Waals surface area (Å²) in [5, 5.41) is 11.3. The molecular weight excluding hydrogens is 618 g/mol. The summed E-state index contributed by atoms with van der Waals surface area (Å²) in [6.07, 6.45) is 1.06. The number of nitrogens with one attached hydrogen (secondary N) is 2. The first-order chi connectivity index (χ1) is 22.7. The molecule has 1 heterocycles. The average molecular weight is 666 g/mol. The molecule has 0 unspecified atom stereocenters. The van der Waals surface area contributed by atoms with Gasteiger partial charge in [-0.3, -0.25) is 19.3 Å². The smallest absolute Gasteiger partial charge is 0.410 e. The lowest BCUT2D eigenvalue weighted by Gasteiger charge is -2.32. The molecule has 14 heteroatoms. The minimum atomic E-state index is -1.08. The van der Waals surface area contributed by atoms with E-state index in [1.807, 2.05) is 49.4 Å². The molecule has 14 nitrogen and oxygen atoms in total. The molecule has 1 aliphatic heterocycles. The number of hydrogen-bond donors (Lipinski definition) is 2. The molecule has 0 aliphatic carbocycles. The third kappa shape index (κ3) is 10.1. The lowest BCUT2D eigenvalue weighted by molar-refractivity contribution is -0.147. The van der Waals surface area contributed by atoms with Gasteiger partial charge in [-0.2, -0.15) is 0 Å². The highest BCUT2D eigenvalue weighted by Gasteiger charge is 2.43. The lowest BCUT2D eigenvalue weighted by atomic mass is 10.0. The largest absolute Gasteiger partial charge is 0.467 e. The van der Waals surface area contributed by atoms with Crippen molar-refractivity contribution in [2.75, 3.05) is 20.7 Å². The number of carbonyl (C=O) groups is 5. The van der Waals surface area contributed by atoms with Crippen LogP contribution in [0.25, 0.3) is 21.2 Å². The van der Waals surface area contributed by atoms with E-state index < -0.39 is 65.6 Å². The van der Waals surface area contributed by atoms with Gasteiger partial charge in [-0.05, 0) is 62.4 Å². The molecule has 0 saturated carbocycles. The number of azide groups is 1. The number of likely N-dealkylation sites (tertiary alicyclic amines) is 1. The highest BCUT2D eigenvalue weighted by Crippen LogP contribution is 2.24. The summed E-state index contributed by atoms with van der Waals surface area (Å²) in [6.45, 7) is 8.55. The fourth-order valence-corrected chi connectivity index (χ4v) is 5.49. The van der Waals surface area contributed by atoms with Crippen LogP contribution in [0.15, 0.2) is 47.6 Å². The number of hydrogen-bond acceptors (Lipinski definition) is 8. The van der Waals surface area contributed by atoms with E-state index >= 15 is 0 Å². The summed E-state index contributed by atoms with van der Waals surface area (Å²) < 4.78 is 10.4. The van der Waals surface area contributed by atoms with Crippen molar-refractivity contribution in [2.24, 2.45) is 5.11 Å². The van der Waals surface area contributed by atoms with Gasteiger partial charge in [0.15, 0.2) is 0 Å². The molecule has 1 saturated heterocycles. The first kappa shape index (κ1) is 37.6. The van der Waals surface area contributed by atoms with Crippen LogP contribution in [0.1, 0.15) is 65.9 Å². The molecule has 2 aromatic carbocycles. The molecular formula is C34H47N7O7. The van der Waals surface area contributed by atoms with Crippen LogP contribution < -0.4 is 10.6 Å². The van der Waals surface area contributed by atoms with Gasteiger partial charge >= 0.3 is 12.1 Å². The predicted octanol–water partition coefficient (Wildman–Crippen LogP) is 4.25. The van der Waals surface area contributed by atoms with Crippen molar-refractivity contribution in [2.45, 2.75) is 103 Å². The van der Waals surface area contributed by atoms with Gasteiger partial charge in [0.1, 0.15) is 29.8 Å². The molecule has 0 aromatic heterocycles. The van der Waals surface area contributed by atoms with Crippen molar-refractivity contribution in [1.82, 2.24) is 20.4 Å². The molecule has 3 rings (SSSR count). The van der Waals surface area contributed by atoms with Crippen molar-refractivity contribution >= 4 is 40.6 Å². The minimum absolute atomic E-state index is 0.0255. The first-order valence-electron chi connectivity index (χ1n) is 16.2. The van der Waals surface area contributed by atoms with Crippen LogP contribution in [0.4, 0.5) is 4.79 Å². The number of esters is 1. The Morgan fingerprint density at radius 1 is 1.08 bits per heavy atom. The van der Waals surface area contributed by atoms with Gasteiger partial charge in [-0.1, -0.05) is 67.3 Å². The third-order valence-electron chi connectivity index (χ3n) is 8.24. The van der Waals surface area contributed by atoms with Crippen molar-refractivity contribution in [3.05, 3.63) is 58.5 Å². The zero-order valence-electron chi connectivity index (χ0n) is 28.8. The van der Waals surface area contributed by atoms with Crippen molar-refractivity contribution < 1.29 is 33.4 Å². The van der Waals surface area contributed by atoms with E-state index in [0.29, 0.717) is 6.42 Å². The van der Waals surface area contributed by atoms with E-state index in [-0.39, 0.29) is 25.8 Å². The van der Waals surface area contributed by atoms with Crippen LogP contribution in [0.2, 0.25) is 0 Å². The molecule has 0 bridgehead atoms. The molecule has 260 valence electrons. The van der Waals surface area contributed by atoms with Crippen LogP contribution in [-0.2, 0) is 35.1 Å². The third-order valence-corrected chi connectivity index (χ3v) is 8.24. The second-order valence-corrected chi connectivity index (χ2v) is 13.0. The Labute approximate surface area is 281 Å². The van der Waals surface area contributed by atoms with Gasteiger partial charge < -0.3 is 25.0 Å². The lowest BCUT2D eigenvalue weighted by Crippen LogP contribution is -2.57. The maximum atomic E-state index is 14.1. The number of likely N-dealkylation sites (N-methyl/N-ethyl adjacent to an activating group) is 1. The maximum Gasteiger partial charge on any atom is 0.410 e. The number of rotatable bonds is 13. The summed E-state index contributed by atoms with van der Waals surface area (Å²) >= 11 is 0. The van der Waals surface area contributed by atoms with Crippen LogP contribution >= 0.6 is 0 Å². The summed E-state index contributed by atoms with van der Waals surface area (Å²) in [7, 11) is 2.66. The standard InChI is InChI=1S/C34H47N7O7/c1-8-9-14-26(36-29(42)21(2)40(6)33(46)48-34(3,4)5)31(44)41-20-25(38-39-35)19-28(41)30(43)37-27(32(45)47-7)18-22-15-16-23-12-10-11-13-24(23)17-22/h10-13,15-17,21,25-28H,8-9,14,18-20H2,1-7H3,(H,36,42)(H,37,43)/t21-,25-,26-,27-,28-/m0/s1. The van der Waals surface area contributed by atoms with Gasteiger partial charge in [0, 0.05) is 24.9 Å². The van der Waals surface area contributed by atoms with Gasteiger partial charge in [0.2, 0.25) is 17.7 Å². The Morgan fingerprint density at radius 3 is 2.40 bits per heavy atom. The Balaban J connectivity index is 1.82. The van der Waals surface area contributed by atoms with Gasteiger partial charge in [-0.15, -0.1) is 0 Å². The Bertz CT molecular complexity index is 1540. The molecule has 0 radical (unpaired) electrons. The van der Waals surface area contributed by atoms with Crippen LogP contribution in [0.5, 0.6) is 0 Å². The molecule has 2 N–H and O–H groups in total. The fraction of sp³-hybridized carbons (Fsp3) is 0.559. The van der Waals surface area contributed by atoms with Gasteiger partial charge in [0.05, 0.1) is 13.2 Å². The Kier molecular flexibility index (Phi) is 13.2. The quantitative estimate of drug-likeness (QED) is 0.139. The number of methoxy groups -OCH3 is 1. The monoisotopic (exact) mass is 665 g/mol. The van der Waals surface area contributed by atoms with E-state index in [2.05, 4.69) is 20.7 Å². The Hall–Kier alpha value is -4.84. The molecule has 1 fully saturated rings. The zero-order chi connectivity index (χ0) is 35.6. The number of ether oxygens (including phenoxy) is 2. The maximum absolute atomic E-state index is 14.1. The van der Waals surface area contributed by atoms with E-state index in [4.69, 9.17) is 15.0 Å². The molecule has 48 heavy (non-hydrogen) atoms. The summed E-state index contributed by atoms with van der Waals surface area (Å²) in [5.74, 6) is -2.39. The van der Waals surface area contributed by atoms with Gasteiger partial charge in [0.25, 0.3) is 0 Å². The number of nitrogens with zero attached hydrogens (tertiary/aromatic N) is 5. The van der Waals surface area contributed by atoms with E-state index in [9.17, 15) is 24.0 Å². The van der Waals surface area contributed by atoms with E-state index in [1.165, 1.54) is 26.0 Å². The normalized spacial score (nSPS) is 17.8. The molecule has 0 spiro atoms. The van der Waals surface area contributed by atoms with Gasteiger partial charge in [-0.25, -0.2) is 9.59 Å². The molecule has 1 aliphatic rings. The van der Waals surface area contributed by atoms with E-state index in [0.717, 1.165) is 27.7 Å². The minimum Gasteiger partial charge on any atom is -0.467 e. The van der Waals surface area contributed by atoms with Crippen LogP contribution in [-0.4, -0.2) is 96.1 Å².